The third-order valence-corrected chi connectivity index (χ3v) is 7.00. The summed E-state index contributed by atoms with van der Waals surface area (Å²) in [5.74, 6) is 0.814. The first-order valence-electron chi connectivity index (χ1n) is 12.7. The molecule has 2 radical (unpaired) electrons. The van der Waals surface area contributed by atoms with Gasteiger partial charge in [-0.1, -0.05) is 60.1 Å². The summed E-state index contributed by atoms with van der Waals surface area (Å²) in [4.78, 5) is 26.8. The Labute approximate surface area is 229 Å². The van der Waals surface area contributed by atoms with Crippen molar-refractivity contribution >= 4 is 41.3 Å². The summed E-state index contributed by atoms with van der Waals surface area (Å²) >= 11 is 1.55. The van der Waals surface area contributed by atoms with Gasteiger partial charge >= 0.3 is 0 Å². The van der Waals surface area contributed by atoms with Gasteiger partial charge in [0.1, 0.15) is 7.85 Å². The summed E-state index contributed by atoms with van der Waals surface area (Å²) in [6.45, 7) is 4.74. The minimum atomic E-state index is -0.200. The first kappa shape index (κ1) is 27.2. The maximum absolute atomic E-state index is 12.8. The van der Waals surface area contributed by atoms with Crippen molar-refractivity contribution in [1.29, 1.82) is 0 Å². The van der Waals surface area contributed by atoms with Crippen LogP contribution in [0.2, 0.25) is 0 Å². The molecule has 0 aliphatic carbocycles. The van der Waals surface area contributed by atoms with Crippen LogP contribution in [0.3, 0.4) is 0 Å². The van der Waals surface area contributed by atoms with Gasteiger partial charge in [-0.2, -0.15) is 0 Å². The summed E-state index contributed by atoms with van der Waals surface area (Å²) in [5.41, 5.74) is 4.54. The van der Waals surface area contributed by atoms with E-state index in [0.29, 0.717) is 30.3 Å². The highest BCUT2D eigenvalue weighted by molar-refractivity contribution is 7.16. The molecule has 0 saturated heterocycles. The fraction of sp³-hybridized carbons (Fsp3) is 0.226. The van der Waals surface area contributed by atoms with E-state index in [4.69, 9.17) is 17.3 Å². The minimum absolute atomic E-state index is 0.0852. The van der Waals surface area contributed by atoms with Crippen LogP contribution in [-0.4, -0.2) is 32.8 Å². The number of Topliss-reactive ketones (excluding diaryl/α,β-unsaturated/α-hetero) is 1. The van der Waals surface area contributed by atoms with E-state index in [0.717, 1.165) is 38.5 Å². The molecule has 0 unspecified atom stereocenters. The number of ether oxygens (including phenoxy) is 2. The fourth-order valence-corrected chi connectivity index (χ4v) is 5.23. The largest absolute Gasteiger partial charge is 0.490 e. The highest BCUT2D eigenvalue weighted by atomic mass is 32.1. The molecular weight excluding hydrogens is 493 g/mol. The monoisotopic (exact) mass is 523 g/mol. The van der Waals surface area contributed by atoms with Crippen LogP contribution >= 0.6 is 11.3 Å². The maximum Gasteiger partial charge on any atom is 0.225 e. The van der Waals surface area contributed by atoms with Gasteiger partial charge in [-0.3, -0.25) is 9.59 Å². The van der Waals surface area contributed by atoms with Crippen molar-refractivity contribution in [2.75, 3.05) is 18.5 Å². The van der Waals surface area contributed by atoms with Gasteiger partial charge in [-0.05, 0) is 54.8 Å². The zero-order chi connectivity index (χ0) is 26.9. The van der Waals surface area contributed by atoms with Crippen LogP contribution in [0, 0.1) is 0 Å². The zero-order valence-electron chi connectivity index (χ0n) is 21.7. The summed E-state index contributed by atoms with van der Waals surface area (Å²) in [5, 5.41) is 3.75. The van der Waals surface area contributed by atoms with Crippen LogP contribution in [0.4, 0.5) is 5.00 Å². The Bertz CT molecular complexity index is 1380. The first-order valence-corrected chi connectivity index (χ1v) is 13.5. The molecule has 7 heteroatoms. The second-order valence-electron chi connectivity index (χ2n) is 8.73. The lowest BCUT2D eigenvalue weighted by Gasteiger charge is -2.12. The maximum atomic E-state index is 12.8. The van der Waals surface area contributed by atoms with Gasteiger partial charge in [0.25, 0.3) is 0 Å². The molecule has 1 aromatic heterocycles. The van der Waals surface area contributed by atoms with Crippen molar-refractivity contribution in [2.24, 2.45) is 0 Å². The number of ketones is 1. The fourth-order valence-electron chi connectivity index (χ4n) is 4.10. The van der Waals surface area contributed by atoms with E-state index < -0.39 is 0 Å². The van der Waals surface area contributed by atoms with E-state index in [-0.39, 0.29) is 24.5 Å². The number of carbonyl (C=O) groups excluding carboxylic acids is 2. The van der Waals surface area contributed by atoms with E-state index in [1.807, 2.05) is 62.4 Å². The summed E-state index contributed by atoms with van der Waals surface area (Å²) in [6.07, 6.45) is 0.909. The van der Waals surface area contributed by atoms with Gasteiger partial charge in [0.15, 0.2) is 17.3 Å². The van der Waals surface area contributed by atoms with Crippen molar-refractivity contribution in [1.82, 2.24) is 0 Å². The SMILES string of the molecule is [B]c1ccc(Cc2sc(NC(=O)CCC(=O)c3ccc(OCC)c(OCC)c3)cc2-c2ccccc2)cc1. The second-order valence-corrected chi connectivity index (χ2v) is 9.87. The number of amides is 1. The summed E-state index contributed by atoms with van der Waals surface area (Å²) < 4.78 is 11.2. The van der Waals surface area contributed by atoms with E-state index in [1.54, 1.807) is 29.5 Å². The Balaban J connectivity index is 1.44. The number of carbonyl (C=O) groups is 2. The normalized spacial score (nSPS) is 10.7. The van der Waals surface area contributed by atoms with Crippen LogP contribution in [0.1, 0.15) is 47.5 Å². The second kappa shape index (κ2) is 13.1. The number of rotatable bonds is 12. The third kappa shape index (κ3) is 7.14. The molecule has 192 valence electrons. The highest BCUT2D eigenvalue weighted by Gasteiger charge is 2.16. The van der Waals surface area contributed by atoms with Gasteiger partial charge < -0.3 is 14.8 Å². The number of hydrogen-bond donors (Lipinski definition) is 1. The predicted molar refractivity (Wildman–Crippen MR) is 155 cm³/mol. The Morgan fingerprint density at radius 3 is 2.26 bits per heavy atom. The average Bonchev–Trinajstić information content (AvgIpc) is 3.32. The lowest BCUT2D eigenvalue weighted by atomic mass is 9.94. The van der Waals surface area contributed by atoms with Crippen molar-refractivity contribution in [3.63, 3.8) is 0 Å². The lowest BCUT2D eigenvalue weighted by molar-refractivity contribution is -0.116. The van der Waals surface area contributed by atoms with Crippen LogP contribution in [0.5, 0.6) is 11.5 Å². The summed E-state index contributed by atoms with van der Waals surface area (Å²) in [7, 11) is 5.85. The third-order valence-electron chi connectivity index (χ3n) is 5.95. The first-order chi connectivity index (χ1) is 18.5. The minimum Gasteiger partial charge on any atom is -0.490 e. The Morgan fingerprint density at radius 1 is 0.842 bits per heavy atom. The van der Waals surface area contributed by atoms with Gasteiger partial charge in [0.2, 0.25) is 5.91 Å². The molecule has 38 heavy (non-hydrogen) atoms. The van der Waals surface area contributed by atoms with E-state index in [2.05, 4.69) is 17.4 Å². The van der Waals surface area contributed by atoms with Crippen molar-refractivity contribution in [2.45, 2.75) is 33.1 Å². The number of anilines is 1. The van der Waals surface area contributed by atoms with Crippen molar-refractivity contribution in [3.8, 4) is 22.6 Å². The lowest BCUT2D eigenvalue weighted by Crippen LogP contribution is -2.13. The van der Waals surface area contributed by atoms with Crippen LogP contribution in [0.15, 0.2) is 78.9 Å². The van der Waals surface area contributed by atoms with E-state index >= 15 is 0 Å². The molecule has 5 nitrogen and oxygen atoms in total. The molecule has 0 fully saturated rings. The number of hydrogen-bond acceptors (Lipinski definition) is 5. The van der Waals surface area contributed by atoms with Gasteiger partial charge in [-0.25, -0.2) is 0 Å². The van der Waals surface area contributed by atoms with Crippen molar-refractivity contribution < 1.29 is 19.1 Å². The smallest absolute Gasteiger partial charge is 0.225 e. The molecule has 0 aliphatic rings. The van der Waals surface area contributed by atoms with Gasteiger partial charge in [0, 0.05) is 29.7 Å². The Kier molecular flexibility index (Phi) is 9.38. The van der Waals surface area contributed by atoms with E-state index in [9.17, 15) is 9.59 Å². The molecule has 4 aromatic rings. The standard InChI is InChI=1S/C31H30BNO4S/c1-3-36-27-16-12-23(19-28(27)37-4-2)26(34)15-17-30(35)33-31-20-25(22-8-6-5-7-9-22)29(38-31)18-21-10-13-24(32)14-11-21/h5-14,16,19-20H,3-4,15,17-18H2,1-2H3,(H,33,35). The molecule has 0 spiro atoms. The summed E-state index contributed by atoms with van der Waals surface area (Å²) in [6, 6.07) is 25.1. The zero-order valence-corrected chi connectivity index (χ0v) is 22.5. The van der Waals surface area contributed by atoms with Crippen LogP contribution in [-0.2, 0) is 11.2 Å². The molecule has 0 saturated carbocycles. The molecular formula is C31H30BNO4S. The van der Waals surface area contributed by atoms with Crippen LogP contribution in [0.25, 0.3) is 11.1 Å². The predicted octanol–water partition coefficient (Wildman–Crippen LogP) is 6.20. The van der Waals surface area contributed by atoms with Crippen molar-refractivity contribution in [3.05, 3.63) is 94.9 Å². The Morgan fingerprint density at radius 2 is 1.55 bits per heavy atom. The molecule has 3 aromatic carbocycles. The van der Waals surface area contributed by atoms with E-state index in [1.165, 1.54) is 0 Å². The van der Waals surface area contributed by atoms with Crippen LogP contribution < -0.4 is 20.3 Å². The molecule has 1 N–H and O–H groups in total. The average molecular weight is 523 g/mol. The van der Waals surface area contributed by atoms with Gasteiger partial charge in [0.05, 0.1) is 18.2 Å². The number of nitrogens with one attached hydrogen (secondary N) is 1. The van der Waals surface area contributed by atoms with Gasteiger partial charge in [-0.15, -0.1) is 11.3 Å². The molecule has 0 aliphatic heterocycles. The molecule has 1 heterocycles. The molecule has 0 bridgehead atoms. The number of thiophene rings is 1. The Hall–Kier alpha value is -3.84. The highest BCUT2D eigenvalue weighted by Crippen LogP contribution is 2.36. The number of benzene rings is 3. The molecule has 0 atom stereocenters. The quantitative estimate of drug-likeness (QED) is 0.178. The molecule has 4 rings (SSSR count). The molecule has 1 amide bonds. The topological polar surface area (TPSA) is 64.6 Å².